The minimum absolute atomic E-state index is 0.0858. The van der Waals surface area contributed by atoms with Crippen LogP contribution in [0.2, 0.25) is 0 Å². The van der Waals surface area contributed by atoms with Gasteiger partial charge in [-0.05, 0) is 37.0 Å². The van der Waals surface area contributed by atoms with Crippen LogP contribution in [-0.4, -0.2) is 39.7 Å². The second kappa shape index (κ2) is 11.4. The molecule has 1 aliphatic carbocycles. The number of nitrogens with two attached hydrogens (primary N) is 1. The number of aromatic nitrogens is 2. The SMILES string of the molecule is CCCCNc1ncc(C(=O)NCc2ccc(C(F)(F)F)cc2)c([NH2+]C2CCC(O)CC2)n1. The molecule has 1 heterocycles. The maximum absolute atomic E-state index is 12.9. The molecule has 1 aromatic heterocycles. The third-order valence-corrected chi connectivity index (χ3v) is 5.75. The molecule has 33 heavy (non-hydrogen) atoms. The van der Waals surface area contributed by atoms with E-state index in [9.17, 15) is 23.1 Å². The number of alkyl halides is 3. The van der Waals surface area contributed by atoms with Crippen LogP contribution in [0.25, 0.3) is 0 Å². The molecule has 0 saturated heterocycles. The van der Waals surface area contributed by atoms with E-state index in [0.717, 1.165) is 44.4 Å². The van der Waals surface area contributed by atoms with Gasteiger partial charge < -0.3 is 15.7 Å². The van der Waals surface area contributed by atoms with Crippen molar-refractivity contribution < 1.29 is 28.4 Å². The van der Waals surface area contributed by atoms with Gasteiger partial charge in [0.05, 0.1) is 23.9 Å². The standard InChI is InChI=1S/C23H30F3N5O2/c1-2-3-12-27-22-29-14-19(20(31-22)30-17-8-10-18(32)11-9-17)21(33)28-13-15-4-6-16(7-5-15)23(24,25)26/h4-7,14,17-18,32H,2-3,8-13H2,1H3,(H,28,33)(H2,27,29,30,31)/p+1. The third kappa shape index (κ3) is 7.40. The molecule has 1 saturated carbocycles. The maximum Gasteiger partial charge on any atom is 0.416 e. The number of hydrogen-bond acceptors (Lipinski definition) is 5. The van der Waals surface area contributed by atoms with Gasteiger partial charge in [0.1, 0.15) is 5.56 Å². The number of benzene rings is 1. The summed E-state index contributed by atoms with van der Waals surface area (Å²) < 4.78 is 38.2. The molecule has 10 heteroatoms. The van der Waals surface area contributed by atoms with Gasteiger partial charge in [0.2, 0.25) is 11.8 Å². The Bertz CT molecular complexity index is 913. The van der Waals surface area contributed by atoms with Gasteiger partial charge in [-0.15, -0.1) is 0 Å². The molecule has 1 amide bonds. The number of quaternary nitrogens is 1. The predicted molar refractivity (Wildman–Crippen MR) is 118 cm³/mol. The van der Waals surface area contributed by atoms with E-state index < -0.39 is 17.6 Å². The number of aliphatic hydroxyl groups is 1. The van der Waals surface area contributed by atoms with Crippen molar-refractivity contribution in [2.45, 2.75) is 70.3 Å². The number of halogens is 3. The maximum atomic E-state index is 12.9. The van der Waals surface area contributed by atoms with E-state index in [4.69, 9.17) is 0 Å². The first-order chi connectivity index (χ1) is 15.8. The molecule has 2 aromatic rings. The highest BCUT2D eigenvalue weighted by Crippen LogP contribution is 2.29. The molecule has 5 N–H and O–H groups in total. The van der Waals surface area contributed by atoms with Crippen LogP contribution in [0.15, 0.2) is 30.5 Å². The van der Waals surface area contributed by atoms with Gasteiger partial charge in [0.15, 0.2) is 0 Å². The molecule has 0 aliphatic heterocycles. The smallest absolute Gasteiger partial charge is 0.393 e. The largest absolute Gasteiger partial charge is 0.416 e. The van der Waals surface area contributed by atoms with E-state index in [1.165, 1.54) is 18.3 Å². The van der Waals surface area contributed by atoms with Crippen LogP contribution >= 0.6 is 0 Å². The second-order valence-corrected chi connectivity index (χ2v) is 8.39. The Morgan fingerprint density at radius 2 is 1.88 bits per heavy atom. The lowest BCUT2D eigenvalue weighted by Crippen LogP contribution is -2.86. The number of hydrogen-bond donors (Lipinski definition) is 4. The Balaban J connectivity index is 1.70. The van der Waals surface area contributed by atoms with Crippen molar-refractivity contribution in [2.75, 3.05) is 11.9 Å². The number of carbonyl (C=O) groups excluding carboxylic acids is 1. The number of amides is 1. The Morgan fingerprint density at radius 1 is 1.18 bits per heavy atom. The molecular weight excluding hydrogens is 435 g/mol. The van der Waals surface area contributed by atoms with Crippen molar-refractivity contribution in [2.24, 2.45) is 0 Å². The summed E-state index contributed by atoms with van der Waals surface area (Å²) in [5.74, 6) is 0.581. The van der Waals surface area contributed by atoms with Crippen LogP contribution in [0.3, 0.4) is 0 Å². The lowest BCUT2D eigenvalue weighted by molar-refractivity contribution is -0.618. The molecule has 1 aliphatic rings. The quantitative estimate of drug-likeness (QED) is 0.425. The third-order valence-electron chi connectivity index (χ3n) is 5.75. The van der Waals surface area contributed by atoms with Crippen LogP contribution in [0.4, 0.5) is 24.9 Å². The summed E-state index contributed by atoms with van der Waals surface area (Å²) in [5, 5.41) is 17.6. The predicted octanol–water partition coefficient (Wildman–Crippen LogP) is 3.14. The van der Waals surface area contributed by atoms with Crippen molar-refractivity contribution >= 4 is 17.7 Å². The van der Waals surface area contributed by atoms with Gasteiger partial charge in [-0.3, -0.25) is 10.1 Å². The van der Waals surface area contributed by atoms with Gasteiger partial charge in [-0.2, -0.15) is 18.2 Å². The van der Waals surface area contributed by atoms with Gasteiger partial charge >= 0.3 is 6.18 Å². The highest BCUT2D eigenvalue weighted by molar-refractivity contribution is 5.97. The topological polar surface area (TPSA) is 104 Å². The lowest BCUT2D eigenvalue weighted by atomic mass is 9.93. The van der Waals surface area contributed by atoms with E-state index >= 15 is 0 Å². The summed E-state index contributed by atoms with van der Waals surface area (Å²) in [6, 6.07) is 4.89. The molecule has 0 atom stereocenters. The van der Waals surface area contributed by atoms with Crippen LogP contribution in [-0.2, 0) is 12.7 Å². The Hall–Kier alpha value is -2.72. The van der Waals surface area contributed by atoms with E-state index in [-0.39, 0.29) is 18.7 Å². The van der Waals surface area contributed by atoms with Crippen LogP contribution in [0.1, 0.15) is 66.9 Å². The van der Waals surface area contributed by atoms with Crippen LogP contribution in [0.5, 0.6) is 0 Å². The van der Waals surface area contributed by atoms with E-state index in [1.807, 2.05) is 5.32 Å². The molecule has 0 bridgehead atoms. The summed E-state index contributed by atoms with van der Waals surface area (Å²) >= 11 is 0. The molecule has 0 spiro atoms. The Kier molecular flexibility index (Phi) is 8.62. The van der Waals surface area contributed by atoms with Gasteiger partial charge in [0.25, 0.3) is 5.91 Å². The fourth-order valence-electron chi connectivity index (χ4n) is 3.74. The Morgan fingerprint density at radius 3 is 2.52 bits per heavy atom. The zero-order valence-corrected chi connectivity index (χ0v) is 18.7. The highest BCUT2D eigenvalue weighted by Gasteiger charge is 2.30. The first-order valence-electron chi connectivity index (χ1n) is 11.3. The van der Waals surface area contributed by atoms with Crippen molar-refractivity contribution in [3.05, 3.63) is 47.2 Å². The summed E-state index contributed by atoms with van der Waals surface area (Å²) in [6.45, 7) is 2.90. The fourth-order valence-corrected chi connectivity index (χ4v) is 3.74. The molecule has 1 aromatic carbocycles. The summed E-state index contributed by atoms with van der Waals surface area (Å²) in [7, 11) is 0. The van der Waals surface area contributed by atoms with Gasteiger partial charge in [-0.25, -0.2) is 4.98 Å². The minimum Gasteiger partial charge on any atom is -0.393 e. The summed E-state index contributed by atoms with van der Waals surface area (Å²) in [5.41, 5.74) is 0.141. The van der Waals surface area contributed by atoms with E-state index in [0.29, 0.717) is 35.7 Å². The number of unbranched alkanes of at least 4 members (excludes halogenated alkanes) is 1. The average Bonchev–Trinajstić information content (AvgIpc) is 2.79. The number of anilines is 1. The minimum atomic E-state index is -4.40. The zero-order valence-electron chi connectivity index (χ0n) is 18.7. The van der Waals surface area contributed by atoms with Gasteiger partial charge in [-0.1, -0.05) is 25.5 Å². The van der Waals surface area contributed by atoms with E-state index in [1.54, 1.807) is 0 Å². The molecule has 7 nitrogen and oxygen atoms in total. The van der Waals surface area contributed by atoms with Crippen molar-refractivity contribution in [1.29, 1.82) is 0 Å². The Labute approximate surface area is 191 Å². The lowest BCUT2D eigenvalue weighted by Gasteiger charge is -2.23. The molecule has 1 fully saturated rings. The van der Waals surface area contributed by atoms with Crippen LogP contribution < -0.4 is 16.0 Å². The molecule has 180 valence electrons. The van der Waals surface area contributed by atoms with Gasteiger partial charge in [0, 0.05) is 25.9 Å². The highest BCUT2D eigenvalue weighted by atomic mass is 19.4. The average molecular weight is 467 g/mol. The normalized spacial score (nSPS) is 18.7. The first kappa shape index (κ1) is 24.9. The number of nitrogens with one attached hydrogen (secondary N) is 2. The summed E-state index contributed by atoms with van der Waals surface area (Å²) in [4.78, 5) is 21.7. The van der Waals surface area contributed by atoms with Crippen molar-refractivity contribution in [3.8, 4) is 0 Å². The number of carbonyl (C=O) groups is 1. The fraction of sp³-hybridized carbons (Fsp3) is 0.522. The number of rotatable bonds is 9. The zero-order chi connectivity index (χ0) is 23.8. The van der Waals surface area contributed by atoms with Crippen molar-refractivity contribution in [3.63, 3.8) is 0 Å². The first-order valence-corrected chi connectivity index (χ1v) is 11.3. The second-order valence-electron chi connectivity index (χ2n) is 8.39. The molecular formula is C23H31F3N5O2+. The molecule has 3 rings (SSSR count). The molecule has 0 unspecified atom stereocenters. The molecule has 0 radical (unpaired) electrons. The monoisotopic (exact) mass is 466 g/mol. The number of nitrogens with zero attached hydrogens (tertiary/aromatic N) is 2. The van der Waals surface area contributed by atoms with Crippen molar-refractivity contribution in [1.82, 2.24) is 15.3 Å². The van der Waals surface area contributed by atoms with Crippen LogP contribution in [0, 0.1) is 0 Å². The summed E-state index contributed by atoms with van der Waals surface area (Å²) in [6.07, 6.45) is 1.86. The number of aliphatic hydroxyl groups excluding tert-OH is 1. The van der Waals surface area contributed by atoms with E-state index in [2.05, 4.69) is 27.5 Å².